The molecule has 4 heterocycles. The maximum absolute atomic E-state index is 13.3. The molecule has 5 rings (SSSR count). The van der Waals surface area contributed by atoms with Crippen LogP contribution in [0.25, 0.3) is 21.8 Å². The zero-order valence-electron chi connectivity index (χ0n) is 22.9. The number of nitrogens with zero attached hydrogens (tertiary/aromatic N) is 3. The van der Waals surface area contributed by atoms with Crippen molar-refractivity contribution >= 4 is 58.3 Å². The summed E-state index contributed by atoms with van der Waals surface area (Å²) in [5.74, 6) is 0.386. The molecule has 0 radical (unpaired) electrons. The molecule has 0 aliphatic carbocycles. The van der Waals surface area contributed by atoms with E-state index in [2.05, 4.69) is 43.5 Å². The first-order valence-electron chi connectivity index (χ1n) is 13.7. The molecule has 8 nitrogen and oxygen atoms in total. The summed E-state index contributed by atoms with van der Waals surface area (Å²) >= 11 is 0. The lowest BCUT2D eigenvalue weighted by Crippen LogP contribution is -2.17. The Kier molecular flexibility index (Phi) is 11.2. The van der Waals surface area contributed by atoms with Crippen LogP contribution in [0.4, 0.5) is 5.82 Å². The number of rotatable bonds is 11. The number of pyridine rings is 1. The van der Waals surface area contributed by atoms with Gasteiger partial charge in [0.05, 0.1) is 16.7 Å². The van der Waals surface area contributed by atoms with E-state index in [1.165, 1.54) is 43.4 Å². The molecular formula is C29H41Cl2N7O. The highest BCUT2D eigenvalue weighted by molar-refractivity contribution is 6.07. The van der Waals surface area contributed by atoms with Gasteiger partial charge in [-0.1, -0.05) is 25.7 Å². The van der Waals surface area contributed by atoms with Crippen molar-refractivity contribution in [3.05, 3.63) is 53.0 Å². The number of fused-ring (bicyclic) bond motifs is 2. The number of hydrogen-bond donors (Lipinski definition) is 4. The lowest BCUT2D eigenvalue weighted by molar-refractivity contribution is 0.102. The molecule has 1 unspecified atom stereocenters. The van der Waals surface area contributed by atoms with Crippen LogP contribution in [-0.2, 0) is 6.42 Å². The quantitative estimate of drug-likeness (QED) is 0.154. The first-order valence-corrected chi connectivity index (χ1v) is 13.7. The van der Waals surface area contributed by atoms with Crippen LogP contribution in [0.1, 0.15) is 84.7 Å². The Labute approximate surface area is 242 Å². The Morgan fingerprint density at radius 1 is 1.08 bits per heavy atom. The average molecular weight is 575 g/mol. The Bertz CT molecular complexity index is 1380. The monoisotopic (exact) mass is 573 g/mol. The average Bonchev–Trinajstić information content (AvgIpc) is 3.61. The van der Waals surface area contributed by atoms with Crippen molar-refractivity contribution in [1.29, 1.82) is 0 Å². The maximum Gasteiger partial charge on any atom is 0.256 e. The number of amides is 1. The molecule has 0 bridgehead atoms. The standard InChI is InChI=1S/C29H39N7O.2ClH/c1-19-28-20(10-7-5-3-4-6-8-12-30)14-21(15-25(28)35-34-19)29(37)33-27-17-23-22(18-31-27)16-24(32-23)26-11-9-13-36(26)2;;/h14-18,26,32H,3-13,30H2,1-2H3,(H,34,35)(H,31,33,37);2*1H. The minimum absolute atomic E-state index is 0. The second-order valence-corrected chi connectivity index (χ2v) is 10.5. The van der Waals surface area contributed by atoms with E-state index in [0.29, 0.717) is 17.4 Å². The molecule has 3 aromatic heterocycles. The van der Waals surface area contributed by atoms with Gasteiger partial charge >= 0.3 is 0 Å². The summed E-state index contributed by atoms with van der Waals surface area (Å²) in [7, 11) is 2.17. The molecule has 1 fully saturated rings. The molecule has 1 atom stereocenters. The van der Waals surface area contributed by atoms with E-state index < -0.39 is 0 Å². The van der Waals surface area contributed by atoms with Gasteiger partial charge < -0.3 is 16.0 Å². The molecule has 1 aliphatic rings. The van der Waals surface area contributed by atoms with E-state index in [-0.39, 0.29) is 30.7 Å². The number of aromatic amines is 2. The number of likely N-dealkylation sites (tertiary alicyclic amines) is 1. The van der Waals surface area contributed by atoms with Crippen molar-refractivity contribution in [2.45, 2.75) is 70.8 Å². The SMILES string of the molecule is Cc1n[nH]c2cc(C(=O)Nc3cc4[nH]c(C5CCCN5C)cc4cn3)cc(CCCCCCCCN)c12.Cl.Cl. The van der Waals surface area contributed by atoms with Gasteiger partial charge in [0.25, 0.3) is 5.91 Å². The number of nitrogens with two attached hydrogens (primary N) is 1. The Morgan fingerprint density at radius 2 is 1.85 bits per heavy atom. The first-order chi connectivity index (χ1) is 18.0. The number of aryl methyl sites for hydroxylation is 2. The van der Waals surface area contributed by atoms with Gasteiger partial charge in [-0.3, -0.25) is 14.8 Å². The van der Waals surface area contributed by atoms with Crippen LogP contribution < -0.4 is 11.1 Å². The number of benzene rings is 1. The van der Waals surface area contributed by atoms with Crippen LogP contribution in [-0.4, -0.2) is 51.1 Å². The zero-order chi connectivity index (χ0) is 25.8. The minimum Gasteiger partial charge on any atom is -0.357 e. The number of H-pyrrole nitrogens is 2. The maximum atomic E-state index is 13.3. The van der Waals surface area contributed by atoms with Gasteiger partial charge in [-0.25, -0.2) is 4.98 Å². The molecule has 1 amide bonds. The largest absolute Gasteiger partial charge is 0.357 e. The van der Waals surface area contributed by atoms with E-state index in [1.54, 1.807) is 0 Å². The molecule has 1 aromatic carbocycles. The van der Waals surface area contributed by atoms with E-state index in [1.807, 2.05) is 31.3 Å². The van der Waals surface area contributed by atoms with Crippen LogP contribution in [0.15, 0.2) is 30.5 Å². The number of anilines is 1. The van der Waals surface area contributed by atoms with E-state index in [0.717, 1.165) is 66.3 Å². The minimum atomic E-state index is -0.161. The second-order valence-electron chi connectivity index (χ2n) is 10.5. The molecule has 212 valence electrons. The van der Waals surface area contributed by atoms with Gasteiger partial charge in [0, 0.05) is 40.3 Å². The topological polar surface area (TPSA) is 116 Å². The molecule has 0 saturated carbocycles. The van der Waals surface area contributed by atoms with E-state index in [4.69, 9.17) is 5.73 Å². The van der Waals surface area contributed by atoms with Crippen molar-refractivity contribution in [3.8, 4) is 0 Å². The number of carbonyl (C=O) groups excluding carboxylic acids is 1. The first kappa shape index (κ1) is 30.9. The van der Waals surface area contributed by atoms with E-state index >= 15 is 0 Å². The number of hydrogen-bond acceptors (Lipinski definition) is 5. The lowest BCUT2D eigenvalue weighted by atomic mass is 9.98. The zero-order valence-corrected chi connectivity index (χ0v) is 24.5. The van der Waals surface area contributed by atoms with E-state index in [9.17, 15) is 4.79 Å². The number of nitrogens with one attached hydrogen (secondary N) is 3. The highest BCUT2D eigenvalue weighted by Crippen LogP contribution is 2.32. The van der Waals surface area contributed by atoms with Crippen molar-refractivity contribution in [2.75, 3.05) is 25.5 Å². The number of unbranched alkanes of at least 4 members (excludes halogenated alkanes) is 5. The summed E-state index contributed by atoms with van der Waals surface area (Å²) in [4.78, 5) is 23.7. The second kappa shape index (κ2) is 14.1. The van der Waals surface area contributed by atoms with Gasteiger partial charge in [-0.2, -0.15) is 5.10 Å². The molecule has 10 heteroatoms. The normalized spacial score (nSPS) is 15.4. The third-order valence-electron chi connectivity index (χ3n) is 7.73. The lowest BCUT2D eigenvalue weighted by Gasteiger charge is -2.17. The van der Waals surface area contributed by atoms with Crippen molar-refractivity contribution in [3.63, 3.8) is 0 Å². The van der Waals surface area contributed by atoms with Crippen LogP contribution >= 0.6 is 24.8 Å². The van der Waals surface area contributed by atoms with Crippen LogP contribution in [0.3, 0.4) is 0 Å². The molecule has 1 saturated heterocycles. The smallest absolute Gasteiger partial charge is 0.256 e. The van der Waals surface area contributed by atoms with Gasteiger partial charge in [-0.15, -0.1) is 24.8 Å². The molecule has 0 spiro atoms. The van der Waals surface area contributed by atoms with Gasteiger partial charge in [0.1, 0.15) is 5.82 Å². The van der Waals surface area contributed by atoms with Crippen molar-refractivity contribution in [2.24, 2.45) is 5.73 Å². The van der Waals surface area contributed by atoms with Crippen LogP contribution in [0.2, 0.25) is 0 Å². The molecule has 4 aromatic rings. The van der Waals surface area contributed by atoms with Crippen LogP contribution in [0.5, 0.6) is 0 Å². The van der Waals surface area contributed by atoms with Gasteiger partial charge in [0.15, 0.2) is 0 Å². The van der Waals surface area contributed by atoms with Gasteiger partial charge in [0.2, 0.25) is 0 Å². The summed E-state index contributed by atoms with van der Waals surface area (Å²) in [6.45, 7) is 3.92. The molecule has 1 aliphatic heterocycles. The molecular weight excluding hydrogens is 533 g/mol. The van der Waals surface area contributed by atoms with Crippen molar-refractivity contribution in [1.82, 2.24) is 25.1 Å². The summed E-state index contributed by atoms with van der Waals surface area (Å²) in [5, 5.41) is 12.7. The fourth-order valence-corrected chi connectivity index (χ4v) is 5.70. The predicted octanol–water partition coefficient (Wildman–Crippen LogP) is 6.45. The molecule has 5 N–H and O–H groups in total. The number of carbonyl (C=O) groups is 1. The fourth-order valence-electron chi connectivity index (χ4n) is 5.70. The Hall–Kier alpha value is -2.65. The van der Waals surface area contributed by atoms with Gasteiger partial charge in [-0.05, 0) is 82.9 Å². The van der Waals surface area contributed by atoms with Crippen LogP contribution in [0, 0.1) is 6.92 Å². The third kappa shape index (κ3) is 7.11. The highest BCUT2D eigenvalue weighted by atomic mass is 35.5. The summed E-state index contributed by atoms with van der Waals surface area (Å²) in [5.41, 5.74) is 11.5. The number of aromatic nitrogens is 4. The Balaban J connectivity index is 0.00000210. The highest BCUT2D eigenvalue weighted by Gasteiger charge is 2.24. The summed E-state index contributed by atoms with van der Waals surface area (Å²) in [6.07, 6.45) is 12.2. The van der Waals surface area contributed by atoms with Crippen molar-refractivity contribution < 1.29 is 4.79 Å². The third-order valence-corrected chi connectivity index (χ3v) is 7.73. The Morgan fingerprint density at radius 3 is 2.59 bits per heavy atom. The summed E-state index contributed by atoms with van der Waals surface area (Å²) in [6, 6.07) is 8.44. The summed E-state index contributed by atoms with van der Waals surface area (Å²) < 4.78 is 0. The molecule has 39 heavy (non-hydrogen) atoms. The number of halogens is 2. The predicted molar refractivity (Wildman–Crippen MR) is 164 cm³/mol. The fraction of sp³-hybridized carbons (Fsp3) is 0.483.